The van der Waals surface area contributed by atoms with Gasteiger partial charge >= 0.3 is 0 Å². The monoisotopic (exact) mass is 611 g/mol. The van der Waals surface area contributed by atoms with Crippen LogP contribution in [0.25, 0.3) is 0 Å². The van der Waals surface area contributed by atoms with Crippen molar-refractivity contribution < 1.29 is 22.7 Å². The average molecular weight is 612 g/mol. The van der Waals surface area contributed by atoms with Crippen LogP contribution < -0.4 is 14.4 Å². The second kappa shape index (κ2) is 14.1. The lowest BCUT2D eigenvalue weighted by molar-refractivity contribution is -0.139. The van der Waals surface area contributed by atoms with E-state index in [0.717, 1.165) is 41.1 Å². The minimum atomic E-state index is -4.24. The SMILES string of the molecule is CCOc1ccccc1N(CC(=O)N(Cc1ccccc1C)[C@H](C)C(=O)NC1CCCC1)S(=O)(=O)c1ccc(Cl)cc1. The van der Waals surface area contributed by atoms with Gasteiger partial charge in [-0.3, -0.25) is 13.9 Å². The zero-order valence-corrected chi connectivity index (χ0v) is 25.8. The van der Waals surface area contributed by atoms with Gasteiger partial charge in [0, 0.05) is 17.6 Å². The molecule has 1 aliphatic carbocycles. The Labute approximate surface area is 253 Å². The summed E-state index contributed by atoms with van der Waals surface area (Å²) in [7, 11) is -4.24. The second-order valence-electron chi connectivity index (χ2n) is 10.5. The number of sulfonamides is 1. The number of hydrogen-bond donors (Lipinski definition) is 1. The number of nitrogens with one attached hydrogen (secondary N) is 1. The summed E-state index contributed by atoms with van der Waals surface area (Å²) in [6.45, 7) is 5.34. The molecule has 224 valence electrons. The van der Waals surface area contributed by atoms with E-state index in [1.165, 1.54) is 29.2 Å². The summed E-state index contributed by atoms with van der Waals surface area (Å²) in [5, 5.41) is 3.48. The molecule has 1 aliphatic rings. The van der Waals surface area contributed by atoms with Crippen LogP contribution in [0.5, 0.6) is 5.75 Å². The summed E-state index contributed by atoms with van der Waals surface area (Å²) >= 11 is 6.04. The van der Waals surface area contributed by atoms with Crippen LogP contribution >= 0.6 is 11.6 Å². The van der Waals surface area contributed by atoms with E-state index in [-0.39, 0.29) is 29.1 Å². The van der Waals surface area contributed by atoms with Crippen LogP contribution in [0.4, 0.5) is 5.69 Å². The minimum absolute atomic E-state index is 0.0246. The third kappa shape index (κ3) is 7.44. The third-order valence-electron chi connectivity index (χ3n) is 7.59. The number of nitrogens with zero attached hydrogens (tertiary/aromatic N) is 2. The van der Waals surface area contributed by atoms with Gasteiger partial charge in [-0.15, -0.1) is 0 Å². The fourth-order valence-electron chi connectivity index (χ4n) is 5.13. The Bertz CT molecular complexity index is 1490. The quantitative estimate of drug-likeness (QED) is 0.283. The van der Waals surface area contributed by atoms with Crippen LogP contribution in [-0.2, 0) is 26.2 Å². The molecule has 8 nitrogen and oxygen atoms in total. The Morgan fingerprint density at radius 1 is 1.00 bits per heavy atom. The highest BCUT2D eigenvalue weighted by Gasteiger charge is 2.34. The topological polar surface area (TPSA) is 96.0 Å². The number of ether oxygens (including phenoxy) is 1. The van der Waals surface area contributed by atoms with Gasteiger partial charge in [0.1, 0.15) is 18.3 Å². The Morgan fingerprint density at radius 2 is 1.64 bits per heavy atom. The highest BCUT2D eigenvalue weighted by molar-refractivity contribution is 7.92. The van der Waals surface area contributed by atoms with Gasteiger partial charge in [0.25, 0.3) is 10.0 Å². The summed E-state index contributed by atoms with van der Waals surface area (Å²) in [4.78, 5) is 29.0. The summed E-state index contributed by atoms with van der Waals surface area (Å²) in [5.74, 6) is -0.454. The molecular formula is C32H38ClN3O5S. The fourth-order valence-corrected chi connectivity index (χ4v) is 6.68. The van der Waals surface area contributed by atoms with Crippen molar-refractivity contribution in [2.45, 2.75) is 70.0 Å². The molecule has 0 aliphatic heterocycles. The van der Waals surface area contributed by atoms with Crippen molar-refractivity contribution in [1.29, 1.82) is 0 Å². The largest absolute Gasteiger partial charge is 0.492 e. The van der Waals surface area contributed by atoms with E-state index in [2.05, 4.69) is 5.32 Å². The number of amides is 2. The molecule has 1 fully saturated rings. The number of para-hydroxylation sites is 2. The molecule has 0 saturated heterocycles. The van der Waals surface area contributed by atoms with Gasteiger partial charge in [-0.1, -0.05) is 60.8 Å². The van der Waals surface area contributed by atoms with Crippen LogP contribution in [0, 0.1) is 6.92 Å². The first-order valence-corrected chi connectivity index (χ1v) is 16.1. The minimum Gasteiger partial charge on any atom is -0.492 e. The molecule has 0 radical (unpaired) electrons. The molecule has 0 heterocycles. The first-order valence-electron chi connectivity index (χ1n) is 14.3. The number of carbonyl (C=O) groups excluding carboxylic acids is 2. The van der Waals surface area contributed by atoms with Gasteiger partial charge in [-0.2, -0.15) is 0 Å². The lowest BCUT2D eigenvalue weighted by Crippen LogP contribution is -2.52. The summed E-state index contributed by atoms with van der Waals surface area (Å²) in [5.41, 5.74) is 2.06. The predicted molar refractivity (Wildman–Crippen MR) is 165 cm³/mol. The summed E-state index contributed by atoms with van der Waals surface area (Å²) in [6, 6.07) is 19.4. The van der Waals surface area contributed by atoms with Crippen molar-refractivity contribution in [2.24, 2.45) is 0 Å². The van der Waals surface area contributed by atoms with E-state index in [9.17, 15) is 18.0 Å². The molecular weight excluding hydrogens is 574 g/mol. The highest BCUT2D eigenvalue weighted by Crippen LogP contribution is 2.33. The molecule has 10 heteroatoms. The Hall–Kier alpha value is -3.56. The van der Waals surface area contributed by atoms with E-state index < -0.39 is 28.5 Å². The fraction of sp³-hybridized carbons (Fsp3) is 0.375. The molecule has 0 unspecified atom stereocenters. The van der Waals surface area contributed by atoms with E-state index in [1.807, 2.05) is 31.2 Å². The molecule has 1 saturated carbocycles. The average Bonchev–Trinajstić information content (AvgIpc) is 3.49. The Balaban J connectivity index is 1.73. The zero-order valence-electron chi connectivity index (χ0n) is 24.3. The van der Waals surface area contributed by atoms with E-state index in [0.29, 0.717) is 17.4 Å². The standard InChI is InChI=1S/C32H38ClN3O5S/c1-4-41-30-16-10-9-15-29(30)36(42(39,40)28-19-17-26(33)18-20-28)22-31(37)35(21-25-12-6-5-11-23(25)2)24(3)32(38)34-27-13-7-8-14-27/h5-6,9-12,15-20,24,27H,4,7-8,13-14,21-22H2,1-3H3,(H,34,38)/t24-/m1/s1. The van der Waals surface area contributed by atoms with Crippen LogP contribution in [-0.4, -0.2) is 50.4 Å². The maximum atomic E-state index is 14.2. The maximum absolute atomic E-state index is 14.2. The molecule has 1 atom stereocenters. The molecule has 0 aromatic heterocycles. The van der Waals surface area contributed by atoms with Crippen LogP contribution in [0.3, 0.4) is 0 Å². The van der Waals surface area contributed by atoms with Crippen molar-refractivity contribution in [3.63, 3.8) is 0 Å². The van der Waals surface area contributed by atoms with Gasteiger partial charge in [0.15, 0.2) is 0 Å². The van der Waals surface area contributed by atoms with Gasteiger partial charge < -0.3 is 15.0 Å². The Morgan fingerprint density at radius 3 is 2.31 bits per heavy atom. The molecule has 0 bridgehead atoms. The van der Waals surface area contributed by atoms with E-state index in [4.69, 9.17) is 16.3 Å². The maximum Gasteiger partial charge on any atom is 0.264 e. The van der Waals surface area contributed by atoms with Gasteiger partial charge in [0.2, 0.25) is 11.8 Å². The molecule has 2 amide bonds. The van der Waals surface area contributed by atoms with Crippen molar-refractivity contribution in [3.05, 3.63) is 88.9 Å². The number of rotatable bonds is 12. The van der Waals surface area contributed by atoms with Gasteiger partial charge in [-0.05, 0) is 81.1 Å². The number of aryl methyl sites for hydroxylation is 1. The lowest BCUT2D eigenvalue weighted by atomic mass is 10.1. The third-order valence-corrected chi connectivity index (χ3v) is 9.61. The van der Waals surface area contributed by atoms with Gasteiger partial charge in [-0.25, -0.2) is 8.42 Å². The number of carbonyl (C=O) groups is 2. The van der Waals surface area contributed by atoms with Crippen molar-refractivity contribution in [3.8, 4) is 5.75 Å². The summed E-state index contributed by atoms with van der Waals surface area (Å²) < 4.78 is 35.0. The van der Waals surface area contributed by atoms with Crippen molar-refractivity contribution in [1.82, 2.24) is 10.2 Å². The van der Waals surface area contributed by atoms with Gasteiger partial charge in [0.05, 0.1) is 17.2 Å². The highest BCUT2D eigenvalue weighted by atomic mass is 35.5. The number of hydrogen-bond acceptors (Lipinski definition) is 5. The first kappa shape index (κ1) is 31.4. The molecule has 3 aromatic rings. The van der Waals surface area contributed by atoms with Crippen LogP contribution in [0.15, 0.2) is 77.7 Å². The Kier molecular flexibility index (Phi) is 10.5. The number of halogens is 1. The van der Waals surface area contributed by atoms with Crippen molar-refractivity contribution in [2.75, 3.05) is 17.5 Å². The summed E-state index contributed by atoms with van der Waals surface area (Å²) in [6.07, 6.45) is 3.93. The van der Waals surface area contributed by atoms with Crippen LogP contribution in [0.1, 0.15) is 50.7 Å². The number of benzene rings is 3. The lowest BCUT2D eigenvalue weighted by Gasteiger charge is -2.33. The second-order valence-corrected chi connectivity index (χ2v) is 12.8. The molecule has 1 N–H and O–H groups in total. The zero-order chi connectivity index (χ0) is 30.3. The normalized spacial score (nSPS) is 14.3. The molecule has 42 heavy (non-hydrogen) atoms. The smallest absolute Gasteiger partial charge is 0.264 e. The van der Waals surface area contributed by atoms with Crippen LogP contribution in [0.2, 0.25) is 5.02 Å². The van der Waals surface area contributed by atoms with E-state index >= 15 is 0 Å². The van der Waals surface area contributed by atoms with Crippen molar-refractivity contribution >= 4 is 39.1 Å². The molecule has 3 aromatic carbocycles. The predicted octanol–water partition coefficient (Wildman–Crippen LogP) is 5.72. The molecule has 4 rings (SSSR count). The molecule has 0 spiro atoms. The number of anilines is 1. The first-order chi connectivity index (χ1) is 20.1. The van der Waals surface area contributed by atoms with E-state index in [1.54, 1.807) is 38.1 Å².